The molecule has 0 fully saturated rings. The van der Waals surface area contributed by atoms with Crippen LogP contribution in [0.25, 0.3) is 5.69 Å². The van der Waals surface area contributed by atoms with Crippen molar-refractivity contribution in [1.82, 2.24) is 20.0 Å². The Morgan fingerprint density at radius 2 is 1.73 bits per heavy atom. The van der Waals surface area contributed by atoms with Gasteiger partial charge in [-0.3, -0.25) is 4.72 Å². The Morgan fingerprint density at radius 1 is 1.12 bits per heavy atom. The summed E-state index contributed by atoms with van der Waals surface area (Å²) in [4.78, 5) is 15.7. The molecule has 2 aromatic heterocycles. The highest BCUT2D eigenvalue weighted by Gasteiger charge is 2.21. The lowest BCUT2D eigenvalue weighted by molar-refractivity contribution is 0.0686. The van der Waals surface area contributed by atoms with Crippen LogP contribution in [0, 0.1) is 11.6 Å². The van der Waals surface area contributed by atoms with Gasteiger partial charge in [0.1, 0.15) is 22.9 Å². The topological polar surface area (TPSA) is 127 Å². The molecule has 0 saturated carbocycles. The minimum atomic E-state index is -4.26. The van der Waals surface area contributed by atoms with Crippen LogP contribution in [0.5, 0.6) is 0 Å². The van der Waals surface area contributed by atoms with Crippen molar-refractivity contribution < 1.29 is 27.1 Å². The van der Waals surface area contributed by atoms with Crippen LogP contribution in [0.15, 0.2) is 47.9 Å². The second kappa shape index (κ2) is 6.48. The Labute approximate surface area is 145 Å². The second-order valence-electron chi connectivity index (χ2n) is 4.90. The average molecular weight is 381 g/mol. The number of carboxylic acid groups (broad SMARTS) is 1. The summed E-state index contributed by atoms with van der Waals surface area (Å²) in [7, 11) is -4.26. The van der Waals surface area contributed by atoms with Crippen LogP contribution in [0.3, 0.4) is 0 Å². The van der Waals surface area contributed by atoms with Gasteiger partial charge in [0.2, 0.25) is 0 Å². The maximum atomic E-state index is 13.7. The van der Waals surface area contributed by atoms with Gasteiger partial charge >= 0.3 is 5.97 Å². The van der Waals surface area contributed by atoms with Crippen molar-refractivity contribution in [3.63, 3.8) is 0 Å². The number of anilines is 1. The molecule has 3 rings (SSSR count). The number of nitrogens with zero attached hydrogens (tertiary/aromatic N) is 4. The number of hydrogen-bond acceptors (Lipinski definition) is 6. The number of halogens is 2. The summed E-state index contributed by atoms with van der Waals surface area (Å²) in [6.07, 6.45) is 4.05. The summed E-state index contributed by atoms with van der Waals surface area (Å²) in [5, 5.41) is 16.0. The monoisotopic (exact) mass is 381 g/mol. The van der Waals surface area contributed by atoms with E-state index in [9.17, 15) is 22.0 Å². The molecule has 12 heteroatoms. The van der Waals surface area contributed by atoms with Crippen LogP contribution >= 0.6 is 0 Å². The quantitative estimate of drug-likeness (QED) is 0.684. The first kappa shape index (κ1) is 17.4. The van der Waals surface area contributed by atoms with Gasteiger partial charge in [0.15, 0.2) is 5.03 Å². The Kier molecular flexibility index (Phi) is 4.34. The highest BCUT2D eigenvalue weighted by molar-refractivity contribution is 7.92. The predicted octanol–water partition coefficient (Wildman–Crippen LogP) is 1.44. The van der Waals surface area contributed by atoms with Crippen molar-refractivity contribution in [3.8, 4) is 5.69 Å². The summed E-state index contributed by atoms with van der Waals surface area (Å²) in [6.45, 7) is 0. The summed E-state index contributed by atoms with van der Waals surface area (Å²) in [5.41, 5.74) is -1.26. The third kappa shape index (κ3) is 3.35. The van der Waals surface area contributed by atoms with Crippen molar-refractivity contribution in [2.24, 2.45) is 0 Å². The Bertz CT molecular complexity index is 1050. The van der Waals surface area contributed by atoms with Gasteiger partial charge in [0, 0.05) is 0 Å². The van der Waals surface area contributed by atoms with Gasteiger partial charge in [-0.15, -0.1) is 0 Å². The molecule has 0 atom stereocenters. The van der Waals surface area contributed by atoms with E-state index in [1.54, 1.807) is 0 Å². The lowest BCUT2D eigenvalue weighted by Crippen LogP contribution is -2.16. The average Bonchev–Trinajstić information content (AvgIpc) is 3.08. The number of carbonyl (C=O) groups is 1. The first-order valence-electron chi connectivity index (χ1n) is 6.86. The number of benzene rings is 1. The molecule has 2 N–H and O–H groups in total. The molecule has 0 aliphatic rings. The molecular formula is C14H9F2N5O4S. The third-order valence-corrected chi connectivity index (χ3v) is 4.45. The maximum absolute atomic E-state index is 13.7. The highest BCUT2D eigenvalue weighted by atomic mass is 32.2. The van der Waals surface area contributed by atoms with Crippen LogP contribution in [-0.4, -0.2) is 39.5 Å². The Balaban J connectivity index is 1.88. The molecule has 2 heterocycles. The first-order valence-corrected chi connectivity index (χ1v) is 8.34. The molecule has 0 aliphatic heterocycles. The lowest BCUT2D eigenvalue weighted by atomic mass is 10.2. The predicted molar refractivity (Wildman–Crippen MR) is 83.3 cm³/mol. The van der Waals surface area contributed by atoms with E-state index in [-0.39, 0.29) is 0 Å². The minimum Gasteiger partial charge on any atom is -0.477 e. The smallest absolute Gasteiger partial charge is 0.341 e. The molecule has 26 heavy (non-hydrogen) atoms. The van der Waals surface area contributed by atoms with Gasteiger partial charge < -0.3 is 5.11 Å². The fourth-order valence-electron chi connectivity index (χ4n) is 2.04. The van der Waals surface area contributed by atoms with Gasteiger partial charge in [0.25, 0.3) is 10.0 Å². The lowest BCUT2D eigenvalue weighted by Gasteiger charge is -2.09. The van der Waals surface area contributed by atoms with Crippen molar-refractivity contribution in [2.75, 3.05) is 4.72 Å². The van der Waals surface area contributed by atoms with E-state index in [0.717, 1.165) is 6.07 Å². The van der Waals surface area contributed by atoms with E-state index in [1.807, 2.05) is 4.72 Å². The van der Waals surface area contributed by atoms with E-state index in [2.05, 4.69) is 15.2 Å². The van der Waals surface area contributed by atoms with Crippen LogP contribution in [0.2, 0.25) is 0 Å². The molecule has 9 nitrogen and oxygen atoms in total. The summed E-state index contributed by atoms with van der Waals surface area (Å²) < 4.78 is 53.8. The van der Waals surface area contributed by atoms with Crippen LogP contribution in [-0.2, 0) is 10.0 Å². The number of sulfonamides is 1. The summed E-state index contributed by atoms with van der Waals surface area (Å²) in [6, 6.07) is 3.66. The standard InChI is InChI=1S/C14H9F2N5O4S/c15-10-5-8(6-11(16)13(10)14(22)23)20-26(24,25)12-2-1-9(7-17-12)21-18-3-4-19-21/h1-7,20H,(H,22,23). The van der Waals surface area contributed by atoms with Crippen LogP contribution < -0.4 is 4.72 Å². The SMILES string of the molecule is O=C(O)c1c(F)cc(NS(=O)(=O)c2ccc(-n3nccn3)cn2)cc1F. The number of aromatic nitrogens is 4. The number of rotatable bonds is 5. The molecule has 0 saturated heterocycles. The maximum Gasteiger partial charge on any atom is 0.341 e. The molecule has 0 spiro atoms. The van der Waals surface area contributed by atoms with Gasteiger partial charge in [-0.2, -0.15) is 23.4 Å². The van der Waals surface area contributed by atoms with E-state index in [1.165, 1.54) is 29.5 Å². The van der Waals surface area contributed by atoms with Crippen molar-refractivity contribution in [1.29, 1.82) is 0 Å². The number of carboxylic acids is 1. The molecule has 134 valence electrons. The summed E-state index contributed by atoms with van der Waals surface area (Å²) >= 11 is 0. The molecular weight excluding hydrogens is 372 g/mol. The van der Waals surface area contributed by atoms with Gasteiger partial charge in [-0.05, 0) is 24.3 Å². The van der Waals surface area contributed by atoms with E-state index < -0.39 is 43.9 Å². The number of nitrogens with one attached hydrogen (secondary N) is 1. The van der Waals surface area contributed by atoms with Crippen molar-refractivity contribution in [2.45, 2.75) is 5.03 Å². The van der Waals surface area contributed by atoms with E-state index in [0.29, 0.717) is 17.8 Å². The second-order valence-corrected chi connectivity index (χ2v) is 6.53. The molecule has 0 aliphatic carbocycles. The third-order valence-electron chi connectivity index (χ3n) is 3.15. The zero-order valence-corrected chi connectivity index (χ0v) is 13.5. The Hall–Kier alpha value is -3.41. The first-order chi connectivity index (χ1) is 12.3. The largest absolute Gasteiger partial charge is 0.477 e. The number of pyridine rings is 1. The molecule has 3 aromatic rings. The highest BCUT2D eigenvalue weighted by Crippen LogP contribution is 2.21. The zero-order valence-electron chi connectivity index (χ0n) is 12.7. The fraction of sp³-hybridized carbons (Fsp3) is 0. The fourth-order valence-corrected chi connectivity index (χ4v) is 3.01. The molecule has 0 radical (unpaired) electrons. The van der Waals surface area contributed by atoms with Gasteiger partial charge in [-0.25, -0.2) is 18.6 Å². The molecule has 0 unspecified atom stereocenters. The van der Waals surface area contributed by atoms with Gasteiger partial charge in [0.05, 0.1) is 24.3 Å². The molecule has 0 amide bonds. The van der Waals surface area contributed by atoms with Crippen LogP contribution in [0.4, 0.5) is 14.5 Å². The van der Waals surface area contributed by atoms with E-state index in [4.69, 9.17) is 5.11 Å². The number of hydrogen-bond donors (Lipinski definition) is 2. The minimum absolute atomic E-state index is 0.400. The molecule has 0 bridgehead atoms. The Morgan fingerprint density at radius 3 is 2.23 bits per heavy atom. The van der Waals surface area contributed by atoms with Gasteiger partial charge in [-0.1, -0.05) is 0 Å². The van der Waals surface area contributed by atoms with Crippen LogP contribution in [0.1, 0.15) is 10.4 Å². The summed E-state index contributed by atoms with van der Waals surface area (Å²) in [5.74, 6) is -4.63. The van der Waals surface area contributed by atoms with E-state index >= 15 is 0 Å². The molecule has 1 aromatic carbocycles. The zero-order chi connectivity index (χ0) is 18.9. The normalized spacial score (nSPS) is 11.3. The van der Waals surface area contributed by atoms with Crippen molar-refractivity contribution in [3.05, 3.63) is 60.1 Å². The number of aromatic carboxylic acids is 1. The van der Waals surface area contributed by atoms with Crippen molar-refractivity contribution >= 4 is 21.7 Å².